The molecule has 6 atom stereocenters. The number of nitrogens with zero attached hydrogens (tertiary/aromatic N) is 2. The molecule has 1 heterocycles. The van der Waals surface area contributed by atoms with Crippen LogP contribution in [0, 0.1) is 29.5 Å². The van der Waals surface area contributed by atoms with Gasteiger partial charge in [0.25, 0.3) is 0 Å². The van der Waals surface area contributed by atoms with E-state index in [-0.39, 0.29) is 61.8 Å². The molecule has 2 saturated carbocycles. The fraction of sp³-hybridized carbons (Fsp3) is 0.440. The molecular formula is C50H57FN2O7. The van der Waals surface area contributed by atoms with E-state index in [0.717, 1.165) is 71.7 Å². The van der Waals surface area contributed by atoms with Crippen LogP contribution in [0.5, 0.6) is 11.5 Å². The second-order valence-corrected chi connectivity index (χ2v) is 16.7. The fourth-order valence-corrected chi connectivity index (χ4v) is 10.1. The Hall–Kier alpha value is -5.03. The lowest BCUT2D eigenvalue weighted by molar-refractivity contribution is -0.258. The van der Waals surface area contributed by atoms with E-state index in [9.17, 15) is 19.4 Å². The topological polar surface area (TPSA) is 110 Å². The number of allylic oxidation sites excluding steroid dienone is 1. The van der Waals surface area contributed by atoms with Gasteiger partial charge >= 0.3 is 0 Å². The molecule has 10 heteroatoms. The van der Waals surface area contributed by atoms with Crippen LogP contribution in [-0.2, 0) is 27.5 Å². The van der Waals surface area contributed by atoms with Gasteiger partial charge in [-0.3, -0.25) is 4.79 Å². The largest absolute Gasteiger partial charge is 0.489 e. The molecule has 0 unspecified atom stereocenters. The van der Waals surface area contributed by atoms with Crippen LogP contribution in [0.15, 0.2) is 114 Å². The SMILES string of the molecule is C=CCO[C@@]12Oc3ccc(OCc4ccccc4F)cc3[C@H]3[C@H](CCCCO)[C@@H](CCCCO)C=C(C(=NOC)C[C@@H]1N(Cc1cccc4ccccc14)C(=O)C1CC1)[C@H]32. The Morgan fingerprint density at radius 3 is 2.48 bits per heavy atom. The highest BCUT2D eigenvalue weighted by Gasteiger charge is 2.66. The van der Waals surface area contributed by atoms with Gasteiger partial charge in [-0.15, -0.1) is 6.58 Å². The predicted molar refractivity (Wildman–Crippen MR) is 230 cm³/mol. The van der Waals surface area contributed by atoms with Gasteiger partial charge in [-0.25, -0.2) is 4.39 Å². The molecule has 2 N–H and O–H groups in total. The number of carbonyl (C=O) groups is 1. The van der Waals surface area contributed by atoms with Gasteiger partial charge in [0.15, 0.2) is 0 Å². The molecular weight excluding hydrogens is 760 g/mol. The molecule has 0 saturated heterocycles. The number of unbranched alkanes of at least 4 members (excludes halogenated alkanes) is 2. The molecule has 0 radical (unpaired) electrons. The average molecular weight is 817 g/mol. The van der Waals surface area contributed by atoms with Crippen molar-refractivity contribution < 1.29 is 38.4 Å². The van der Waals surface area contributed by atoms with Crippen molar-refractivity contribution in [2.24, 2.45) is 28.8 Å². The summed E-state index contributed by atoms with van der Waals surface area (Å²) in [7, 11) is 1.56. The number of fused-ring (bicyclic) bond motifs is 3. The smallest absolute Gasteiger partial charge is 0.239 e. The first-order chi connectivity index (χ1) is 29.4. The first kappa shape index (κ1) is 41.7. The highest BCUT2D eigenvalue weighted by Crippen LogP contribution is 2.62. The van der Waals surface area contributed by atoms with Gasteiger partial charge < -0.3 is 34.2 Å². The molecule has 4 aliphatic rings. The summed E-state index contributed by atoms with van der Waals surface area (Å²) in [6.45, 7) is 4.85. The number of carbonyl (C=O) groups excluding carboxylic acids is 1. The van der Waals surface area contributed by atoms with E-state index in [1.165, 1.54) is 6.07 Å². The zero-order valence-corrected chi connectivity index (χ0v) is 34.5. The number of hydrogen-bond acceptors (Lipinski definition) is 8. The molecule has 60 heavy (non-hydrogen) atoms. The summed E-state index contributed by atoms with van der Waals surface area (Å²) in [5, 5.41) is 26.8. The number of halogens is 1. The molecule has 8 rings (SSSR count). The first-order valence-electron chi connectivity index (χ1n) is 21.7. The lowest BCUT2D eigenvalue weighted by Crippen LogP contribution is -2.70. The summed E-state index contributed by atoms with van der Waals surface area (Å²) in [5.41, 5.74) is 4.16. The van der Waals surface area contributed by atoms with Crippen molar-refractivity contribution in [1.82, 2.24) is 4.90 Å². The summed E-state index contributed by atoms with van der Waals surface area (Å²) < 4.78 is 35.6. The summed E-state index contributed by atoms with van der Waals surface area (Å²) in [6, 6.07) is 26.3. The summed E-state index contributed by atoms with van der Waals surface area (Å²) >= 11 is 0. The minimum absolute atomic E-state index is 0.0563. The van der Waals surface area contributed by atoms with Crippen molar-refractivity contribution in [2.75, 3.05) is 26.9 Å². The Balaban J connectivity index is 1.31. The molecule has 1 amide bonds. The fourth-order valence-electron chi connectivity index (χ4n) is 10.1. The Morgan fingerprint density at radius 1 is 0.967 bits per heavy atom. The molecule has 0 aromatic heterocycles. The van der Waals surface area contributed by atoms with Crippen LogP contribution in [-0.4, -0.2) is 65.5 Å². The average Bonchev–Trinajstić information content (AvgIpc) is 4.12. The lowest BCUT2D eigenvalue weighted by Gasteiger charge is -2.60. The van der Waals surface area contributed by atoms with Crippen LogP contribution in [0.25, 0.3) is 10.8 Å². The number of aliphatic hydroxyl groups is 2. The van der Waals surface area contributed by atoms with E-state index < -0.39 is 17.7 Å². The maximum absolute atomic E-state index is 14.9. The van der Waals surface area contributed by atoms with Crippen molar-refractivity contribution in [3.63, 3.8) is 0 Å². The van der Waals surface area contributed by atoms with Crippen molar-refractivity contribution in [2.45, 2.75) is 88.7 Å². The molecule has 4 aromatic rings. The van der Waals surface area contributed by atoms with Crippen molar-refractivity contribution in [3.8, 4) is 11.5 Å². The van der Waals surface area contributed by atoms with Gasteiger partial charge in [0.2, 0.25) is 11.7 Å². The Kier molecular flexibility index (Phi) is 13.0. The van der Waals surface area contributed by atoms with E-state index in [0.29, 0.717) is 42.9 Å². The zero-order chi connectivity index (χ0) is 41.6. The summed E-state index contributed by atoms with van der Waals surface area (Å²) in [6.07, 6.45) is 10.7. The van der Waals surface area contributed by atoms with Crippen LogP contribution >= 0.6 is 0 Å². The Morgan fingerprint density at radius 2 is 1.72 bits per heavy atom. The third-order valence-electron chi connectivity index (χ3n) is 13.0. The maximum Gasteiger partial charge on any atom is 0.239 e. The summed E-state index contributed by atoms with van der Waals surface area (Å²) in [5.74, 6) is -0.965. The number of oxime groups is 1. The van der Waals surface area contributed by atoms with Gasteiger partial charge in [-0.1, -0.05) is 90.8 Å². The van der Waals surface area contributed by atoms with Crippen LogP contribution in [0.4, 0.5) is 4.39 Å². The third kappa shape index (κ3) is 8.34. The number of rotatable bonds is 19. The molecule has 9 nitrogen and oxygen atoms in total. The Bertz CT molecular complexity index is 2210. The Labute approximate surface area is 352 Å². The van der Waals surface area contributed by atoms with E-state index in [1.54, 1.807) is 31.4 Å². The van der Waals surface area contributed by atoms with Crippen LogP contribution < -0.4 is 9.47 Å². The van der Waals surface area contributed by atoms with Gasteiger partial charge in [0.1, 0.15) is 37.1 Å². The number of aliphatic hydroxyl groups excluding tert-OH is 2. The molecule has 316 valence electrons. The van der Waals surface area contributed by atoms with Crippen LogP contribution in [0.3, 0.4) is 0 Å². The highest BCUT2D eigenvalue weighted by atomic mass is 19.1. The molecule has 2 fully saturated rings. The number of benzene rings is 4. The van der Waals surface area contributed by atoms with Gasteiger partial charge in [0.05, 0.1) is 18.2 Å². The van der Waals surface area contributed by atoms with E-state index in [2.05, 4.69) is 36.9 Å². The molecule has 0 spiro atoms. The minimum Gasteiger partial charge on any atom is -0.489 e. The second-order valence-electron chi connectivity index (χ2n) is 16.7. The van der Waals surface area contributed by atoms with E-state index >= 15 is 0 Å². The van der Waals surface area contributed by atoms with E-state index in [1.807, 2.05) is 41.3 Å². The van der Waals surface area contributed by atoms with Crippen molar-refractivity contribution >= 4 is 22.4 Å². The quantitative estimate of drug-likeness (QED) is 0.0552. The highest BCUT2D eigenvalue weighted by molar-refractivity contribution is 6.03. The zero-order valence-electron chi connectivity index (χ0n) is 34.5. The maximum atomic E-state index is 14.9. The van der Waals surface area contributed by atoms with E-state index in [4.69, 9.17) is 24.2 Å². The minimum atomic E-state index is -1.36. The number of hydrogen-bond donors (Lipinski definition) is 2. The van der Waals surface area contributed by atoms with Crippen molar-refractivity contribution in [1.29, 1.82) is 0 Å². The molecule has 4 aromatic carbocycles. The first-order valence-corrected chi connectivity index (χ1v) is 21.7. The van der Waals surface area contributed by atoms with Crippen LogP contribution in [0.2, 0.25) is 0 Å². The lowest BCUT2D eigenvalue weighted by atomic mass is 9.55. The second kappa shape index (κ2) is 18.7. The predicted octanol–water partition coefficient (Wildman–Crippen LogP) is 9.26. The molecule has 0 bridgehead atoms. The van der Waals surface area contributed by atoms with Gasteiger partial charge in [-0.05, 0) is 96.5 Å². The number of ether oxygens (including phenoxy) is 3. The van der Waals surface area contributed by atoms with Gasteiger partial charge in [-0.2, -0.15) is 0 Å². The third-order valence-corrected chi connectivity index (χ3v) is 13.0. The standard InChI is InChI=1S/C50H57FN2O7/c1-3-27-59-50-46(53(49(56)34-21-22-34)31-36-17-12-16-33-13-4-6-18-39(33)36)30-44(52-57-2)41-28-35(14-8-10-25-54)40(19-9-11-26-55)47(48(41)50)42-29-38(23-24-45(42)60-50)58-32-37-15-5-7-20-43(37)51/h3-7,12-13,15-18,20,23-24,28-29,34-35,40,46-48,54-55H,1,8-11,14,19,21-22,25-27,30-32H2,2H3/t35-,40+,46-,47+,48+,50+/m0/s1. The normalized spacial score (nSPS) is 24.8. The van der Waals surface area contributed by atoms with Crippen LogP contribution in [0.1, 0.15) is 80.4 Å². The molecule has 3 aliphatic carbocycles. The van der Waals surface area contributed by atoms with Gasteiger partial charge in [0, 0.05) is 49.1 Å². The summed E-state index contributed by atoms with van der Waals surface area (Å²) in [4.78, 5) is 22.6. The molecule has 1 aliphatic heterocycles. The number of amides is 1. The van der Waals surface area contributed by atoms with Crippen molar-refractivity contribution in [3.05, 3.63) is 132 Å². The monoisotopic (exact) mass is 816 g/mol.